The lowest BCUT2D eigenvalue weighted by Crippen LogP contribution is -2.40. The van der Waals surface area contributed by atoms with Crippen molar-refractivity contribution >= 4 is 0 Å². The zero-order chi connectivity index (χ0) is 13.1. The van der Waals surface area contributed by atoms with Crippen molar-refractivity contribution in [2.45, 2.75) is 57.5 Å². The second-order valence-corrected chi connectivity index (χ2v) is 6.15. The lowest BCUT2D eigenvalue weighted by molar-refractivity contribution is 0.134. The first-order valence-electron chi connectivity index (χ1n) is 7.91. The number of hydrogen-bond donors (Lipinski definition) is 1. The molecule has 0 radical (unpaired) electrons. The highest BCUT2D eigenvalue weighted by atomic mass is 15.2. The first-order valence-corrected chi connectivity index (χ1v) is 7.91. The Morgan fingerprint density at radius 2 is 2.00 bits per heavy atom. The van der Waals surface area contributed by atoms with E-state index >= 15 is 0 Å². The SMILES string of the molecule is NCCC1CCCCN1Cc1ccc2c(c1)CCC2. The number of fused-ring (bicyclic) bond motifs is 1. The van der Waals surface area contributed by atoms with Crippen LogP contribution in [0, 0.1) is 0 Å². The summed E-state index contributed by atoms with van der Waals surface area (Å²) in [6, 6.07) is 7.88. The van der Waals surface area contributed by atoms with Gasteiger partial charge in [0.05, 0.1) is 0 Å². The largest absolute Gasteiger partial charge is 0.330 e. The maximum Gasteiger partial charge on any atom is 0.0236 e. The number of nitrogens with zero attached hydrogens (tertiary/aromatic N) is 1. The van der Waals surface area contributed by atoms with Crippen molar-refractivity contribution in [3.05, 3.63) is 34.9 Å². The van der Waals surface area contributed by atoms with E-state index in [1.54, 1.807) is 11.1 Å². The molecule has 19 heavy (non-hydrogen) atoms. The van der Waals surface area contributed by atoms with Gasteiger partial charge in [-0.3, -0.25) is 4.90 Å². The third-order valence-electron chi connectivity index (χ3n) is 4.80. The fraction of sp³-hybridized carbons (Fsp3) is 0.647. The van der Waals surface area contributed by atoms with E-state index in [0.29, 0.717) is 6.04 Å². The van der Waals surface area contributed by atoms with Gasteiger partial charge in [-0.1, -0.05) is 24.6 Å². The number of rotatable bonds is 4. The molecule has 2 heteroatoms. The standard InChI is InChI=1S/C17H26N2/c18-10-9-17-6-1-2-11-19(17)13-14-7-8-15-4-3-5-16(15)12-14/h7-8,12,17H,1-6,9-11,13,18H2. The molecule has 104 valence electrons. The maximum atomic E-state index is 5.76. The molecule has 1 aliphatic heterocycles. The van der Waals surface area contributed by atoms with Gasteiger partial charge in [0.25, 0.3) is 0 Å². The molecule has 0 spiro atoms. The number of aryl methyl sites for hydroxylation is 2. The van der Waals surface area contributed by atoms with Crippen molar-refractivity contribution < 1.29 is 0 Å². The van der Waals surface area contributed by atoms with E-state index in [-0.39, 0.29) is 0 Å². The summed E-state index contributed by atoms with van der Waals surface area (Å²) in [4.78, 5) is 2.66. The molecule has 1 unspecified atom stereocenters. The van der Waals surface area contributed by atoms with E-state index in [2.05, 4.69) is 23.1 Å². The van der Waals surface area contributed by atoms with Crippen molar-refractivity contribution in [1.82, 2.24) is 4.90 Å². The predicted octanol–water partition coefficient (Wildman–Crippen LogP) is 2.88. The van der Waals surface area contributed by atoms with Crippen LogP contribution in [0.25, 0.3) is 0 Å². The number of likely N-dealkylation sites (tertiary alicyclic amines) is 1. The van der Waals surface area contributed by atoms with Gasteiger partial charge in [0, 0.05) is 12.6 Å². The quantitative estimate of drug-likeness (QED) is 0.900. The first-order chi connectivity index (χ1) is 9.36. The van der Waals surface area contributed by atoms with Crippen molar-refractivity contribution in [2.24, 2.45) is 5.73 Å². The molecule has 1 aliphatic carbocycles. The molecular weight excluding hydrogens is 232 g/mol. The van der Waals surface area contributed by atoms with Crippen LogP contribution in [0.5, 0.6) is 0 Å². The Morgan fingerprint density at radius 3 is 2.89 bits per heavy atom. The van der Waals surface area contributed by atoms with Gasteiger partial charge in [0.1, 0.15) is 0 Å². The van der Waals surface area contributed by atoms with Gasteiger partial charge < -0.3 is 5.73 Å². The van der Waals surface area contributed by atoms with Gasteiger partial charge in [-0.2, -0.15) is 0 Å². The molecule has 1 heterocycles. The number of hydrogen-bond acceptors (Lipinski definition) is 2. The Balaban J connectivity index is 1.69. The van der Waals surface area contributed by atoms with Crippen LogP contribution in [0.2, 0.25) is 0 Å². The Labute approximate surface area is 117 Å². The normalized spacial score (nSPS) is 23.5. The maximum absolute atomic E-state index is 5.76. The van der Waals surface area contributed by atoms with Gasteiger partial charge in [-0.15, -0.1) is 0 Å². The second-order valence-electron chi connectivity index (χ2n) is 6.15. The Bertz CT molecular complexity index is 425. The number of piperidine rings is 1. The zero-order valence-corrected chi connectivity index (χ0v) is 11.9. The molecule has 1 atom stereocenters. The molecule has 2 aliphatic rings. The zero-order valence-electron chi connectivity index (χ0n) is 11.9. The minimum Gasteiger partial charge on any atom is -0.330 e. The molecule has 2 nitrogen and oxygen atoms in total. The molecule has 1 aromatic carbocycles. The van der Waals surface area contributed by atoms with Crippen molar-refractivity contribution in [3.63, 3.8) is 0 Å². The molecule has 0 saturated carbocycles. The third kappa shape index (κ3) is 3.01. The summed E-state index contributed by atoms with van der Waals surface area (Å²) in [5.74, 6) is 0. The minimum absolute atomic E-state index is 0.715. The summed E-state index contributed by atoms with van der Waals surface area (Å²) >= 11 is 0. The van der Waals surface area contributed by atoms with Gasteiger partial charge in [0.2, 0.25) is 0 Å². The molecule has 3 rings (SSSR count). The summed E-state index contributed by atoms with van der Waals surface area (Å²) in [5, 5.41) is 0. The summed E-state index contributed by atoms with van der Waals surface area (Å²) < 4.78 is 0. The van der Waals surface area contributed by atoms with Crippen LogP contribution in [0.1, 0.15) is 48.8 Å². The molecule has 1 aromatic rings. The number of benzene rings is 1. The lowest BCUT2D eigenvalue weighted by Gasteiger charge is -2.35. The van der Waals surface area contributed by atoms with E-state index in [9.17, 15) is 0 Å². The van der Waals surface area contributed by atoms with Gasteiger partial charge in [-0.05, 0) is 68.3 Å². The van der Waals surface area contributed by atoms with Crippen LogP contribution in [0.15, 0.2) is 18.2 Å². The fourth-order valence-corrected chi connectivity index (χ4v) is 3.75. The fourth-order valence-electron chi connectivity index (χ4n) is 3.75. The van der Waals surface area contributed by atoms with Crippen LogP contribution in [0.3, 0.4) is 0 Å². The molecule has 0 amide bonds. The van der Waals surface area contributed by atoms with E-state index in [0.717, 1.165) is 19.5 Å². The Hall–Kier alpha value is -0.860. The summed E-state index contributed by atoms with van der Waals surface area (Å²) in [7, 11) is 0. The van der Waals surface area contributed by atoms with E-state index in [4.69, 9.17) is 5.73 Å². The van der Waals surface area contributed by atoms with Gasteiger partial charge in [-0.25, -0.2) is 0 Å². The summed E-state index contributed by atoms with van der Waals surface area (Å²) in [5.41, 5.74) is 10.5. The average Bonchev–Trinajstić information content (AvgIpc) is 2.89. The Morgan fingerprint density at radius 1 is 1.11 bits per heavy atom. The third-order valence-corrected chi connectivity index (χ3v) is 4.80. The van der Waals surface area contributed by atoms with E-state index < -0.39 is 0 Å². The molecule has 0 bridgehead atoms. The van der Waals surface area contributed by atoms with Crippen LogP contribution < -0.4 is 5.73 Å². The average molecular weight is 258 g/mol. The van der Waals surface area contributed by atoms with E-state index in [1.807, 2.05) is 0 Å². The molecule has 0 aromatic heterocycles. The highest BCUT2D eigenvalue weighted by Crippen LogP contribution is 2.26. The topological polar surface area (TPSA) is 29.3 Å². The molecule has 2 N–H and O–H groups in total. The van der Waals surface area contributed by atoms with E-state index in [1.165, 1.54) is 50.6 Å². The van der Waals surface area contributed by atoms with Gasteiger partial charge >= 0.3 is 0 Å². The second kappa shape index (κ2) is 6.06. The summed E-state index contributed by atoms with van der Waals surface area (Å²) in [6.07, 6.45) is 9.15. The highest BCUT2D eigenvalue weighted by Gasteiger charge is 2.22. The molecular formula is C17H26N2. The molecule has 1 fully saturated rings. The molecule has 1 saturated heterocycles. The number of nitrogens with two attached hydrogens (primary N) is 1. The van der Waals surface area contributed by atoms with Crippen LogP contribution in [-0.2, 0) is 19.4 Å². The van der Waals surface area contributed by atoms with Crippen LogP contribution in [-0.4, -0.2) is 24.0 Å². The van der Waals surface area contributed by atoms with Crippen molar-refractivity contribution in [2.75, 3.05) is 13.1 Å². The smallest absolute Gasteiger partial charge is 0.0236 e. The van der Waals surface area contributed by atoms with Gasteiger partial charge in [0.15, 0.2) is 0 Å². The first kappa shape index (κ1) is 13.1. The monoisotopic (exact) mass is 258 g/mol. The Kier molecular flexibility index (Phi) is 4.19. The summed E-state index contributed by atoms with van der Waals surface area (Å²) in [6.45, 7) is 3.20. The lowest BCUT2D eigenvalue weighted by atomic mass is 9.98. The van der Waals surface area contributed by atoms with Crippen LogP contribution in [0.4, 0.5) is 0 Å². The van der Waals surface area contributed by atoms with Crippen LogP contribution >= 0.6 is 0 Å². The predicted molar refractivity (Wildman–Crippen MR) is 80.2 cm³/mol. The van der Waals surface area contributed by atoms with Crippen molar-refractivity contribution in [3.8, 4) is 0 Å². The van der Waals surface area contributed by atoms with Crippen molar-refractivity contribution in [1.29, 1.82) is 0 Å². The highest BCUT2D eigenvalue weighted by molar-refractivity contribution is 5.35. The minimum atomic E-state index is 0.715.